The number of ether oxygens (including phenoxy) is 3. The van der Waals surface area contributed by atoms with Crippen LogP contribution in [0.15, 0.2) is 24.4 Å². The molecule has 11 heteroatoms. The number of halogens is 2. The number of nitrogens with two attached hydrogens (primary N) is 1. The lowest BCUT2D eigenvalue weighted by Gasteiger charge is -2.23. The Kier molecular flexibility index (Phi) is 6.85. The van der Waals surface area contributed by atoms with E-state index in [0.717, 1.165) is 24.5 Å². The molecule has 0 radical (unpaired) electrons. The molecule has 1 aromatic carbocycles. The van der Waals surface area contributed by atoms with E-state index in [4.69, 9.17) is 31.5 Å². The number of rotatable bonds is 8. The normalized spacial score (nSPS) is 24.6. The number of hydrogen-bond donors (Lipinski definition) is 2. The molecule has 0 aliphatic carbocycles. The Bertz CT molecular complexity index is 952. The Morgan fingerprint density at radius 1 is 1.22 bits per heavy atom. The second kappa shape index (κ2) is 9.62. The number of nitrogens with one attached hydrogen (secondary N) is 1. The number of hydrogen-bond acceptors (Lipinski definition) is 9. The van der Waals surface area contributed by atoms with Gasteiger partial charge in [-0.1, -0.05) is 11.6 Å². The van der Waals surface area contributed by atoms with Crippen LogP contribution in [0.5, 0.6) is 5.88 Å². The molecule has 0 amide bonds. The monoisotopic (exact) mass is 466 g/mol. The quantitative estimate of drug-likeness (QED) is 0.568. The van der Waals surface area contributed by atoms with Crippen LogP contribution in [0.4, 0.5) is 27.4 Å². The fourth-order valence-electron chi connectivity index (χ4n) is 3.74. The molecule has 32 heavy (non-hydrogen) atoms. The summed E-state index contributed by atoms with van der Waals surface area (Å²) in [6.45, 7) is 1.98. The zero-order valence-electron chi connectivity index (χ0n) is 18.3. The Hall–Kier alpha value is -2.40. The van der Waals surface area contributed by atoms with Gasteiger partial charge in [0.05, 0.1) is 30.8 Å². The van der Waals surface area contributed by atoms with E-state index in [1.807, 2.05) is 39.3 Å². The lowest BCUT2D eigenvalue weighted by atomic mass is 10.1. The topological polar surface area (TPSA) is 98.0 Å². The van der Waals surface area contributed by atoms with Gasteiger partial charge < -0.3 is 35.1 Å². The zero-order valence-corrected chi connectivity index (χ0v) is 19.1. The van der Waals surface area contributed by atoms with E-state index in [2.05, 4.69) is 25.1 Å². The van der Waals surface area contributed by atoms with E-state index in [-0.39, 0.29) is 24.1 Å². The maximum Gasteiger partial charge on any atom is 0.237 e. The van der Waals surface area contributed by atoms with E-state index in [0.29, 0.717) is 11.6 Å². The standard InChI is InChI=1S/C21H28ClFN6O3/c1-28(2)6-7-29(3)16-5-4-12(8-15(16)24)26-21-25-9-13(22)20(27-21)32-17-11-31-18-14(23)10-30-19(17)18/h4-5,8-9,14,17-19H,6-7,10-11,24H2,1-3H3,(H,25,26,27)/t14-,17-,18-,19-/m1/s1. The number of nitrogen functional groups attached to an aromatic ring is 1. The molecule has 0 unspecified atom stereocenters. The van der Waals surface area contributed by atoms with E-state index in [1.54, 1.807) is 0 Å². The molecular weight excluding hydrogens is 439 g/mol. The summed E-state index contributed by atoms with van der Waals surface area (Å²) < 4.78 is 30.6. The molecular formula is C21H28ClFN6O3. The number of anilines is 4. The lowest BCUT2D eigenvalue weighted by Crippen LogP contribution is -2.34. The average molecular weight is 467 g/mol. The van der Waals surface area contributed by atoms with Gasteiger partial charge in [-0.25, -0.2) is 9.37 Å². The van der Waals surface area contributed by atoms with Gasteiger partial charge in [-0.3, -0.25) is 0 Å². The highest BCUT2D eigenvalue weighted by atomic mass is 35.5. The number of alkyl halides is 1. The number of benzene rings is 1. The first-order valence-electron chi connectivity index (χ1n) is 10.4. The molecule has 2 saturated heterocycles. The highest BCUT2D eigenvalue weighted by molar-refractivity contribution is 6.31. The van der Waals surface area contributed by atoms with Gasteiger partial charge in [-0.05, 0) is 32.3 Å². The average Bonchev–Trinajstić information content (AvgIpc) is 3.32. The summed E-state index contributed by atoms with van der Waals surface area (Å²) in [6.07, 6.45) is -1.30. The van der Waals surface area contributed by atoms with Crippen molar-refractivity contribution in [2.75, 3.05) is 63.4 Å². The van der Waals surface area contributed by atoms with Crippen molar-refractivity contribution in [2.24, 2.45) is 0 Å². The number of aromatic nitrogens is 2. The first-order chi connectivity index (χ1) is 15.3. The Balaban J connectivity index is 1.43. The second-order valence-electron chi connectivity index (χ2n) is 8.24. The predicted molar refractivity (Wildman–Crippen MR) is 122 cm³/mol. The van der Waals surface area contributed by atoms with Gasteiger partial charge in [0.2, 0.25) is 11.8 Å². The van der Waals surface area contributed by atoms with E-state index < -0.39 is 24.5 Å². The minimum atomic E-state index is -1.15. The van der Waals surface area contributed by atoms with Gasteiger partial charge in [0.25, 0.3) is 0 Å². The molecule has 4 atom stereocenters. The maximum atomic E-state index is 13.8. The smallest absolute Gasteiger partial charge is 0.237 e. The van der Waals surface area contributed by atoms with Crippen LogP contribution in [-0.4, -0.2) is 86.8 Å². The summed E-state index contributed by atoms with van der Waals surface area (Å²) >= 11 is 6.22. The zero-order chi connectivity index (χ0) is 22.8. The van der Waals surface area contributed by atoms with Gasteiger partial charge in [0.15, 0.2) is 12.3 Å². The van der Waals surface area contributed by atoms with Crippen LogP contribution in [0.3, 0.4) is 0 Å². The largest absolute Gasteiger partial charge is 0.468 e. The van der Waals surface area contributed by atoms with Crippen molar-refractivity contribution in [3.8, 4) is 5.88 Å². The summed E-state index contributed by atoms with van der Waals surface area (Å²) in [4.78, 5) is 12.8. The molecule has 4 rings (SSSR count). The summed E-state index contributed by atoms with van der Waals surface area (Å²) in [5, 5.41) is 3.36. The molecule has 0 saturated carbocycles. The predicted octanol–water partition coefficient (Wildman–Crippen LogP) is 2.34. The molecule has 0 bridgehead atoms. The second-order valence-corrected chi connectivity index (χ2v) is 8.65. The van der Waals surface area contributed by atoms with Gasteiger partial charge in [0.1, 0.15) is 17.2 Å². The lowest BCUT2D eigenvalue weighted by molar-refractivity contribution is 0.0261. The summed E-state index contributed by atoms with van der Waals surface area (Å²) in [6, 6.07) is 5.67. The van der Waals surface area contributed by atoms with Gasteiger partial charge in [-0.15, -0.1) is 0 Å². The molecule has 3 heterocycles. The van der Waals surface area contributed by atoms with Crippen molar-refractivity contribution in [1.29, 1.82) is 0 Å². The molecule has 2 fully saturated rings. The number of likely N-dealkylation sites (N-methyl/N-ethyl adjacent to an activating group) is 2. The first kappa shape index (κ1) is 22.8. The first-order valence-corrected chi connectivity index (χ1v) is 10.8. The SMILES string of the molecule is CN(C)CCN(C)c1ccc(Nc2ncc(Cl)c(O[C@@H]3CO[C@H]4[C@@H]3OC[C@H]4F)n2)cc1N. The minimum absolute atomic E-state index is 0.00125. The van der Waals surface area contributed by atoms with Crippen molar-refractivity contribution in [3.63, 3.8) is 0 Å². The van der Waals surface area contributed by atoms with Crippen molar-refractivity contribution in [3.05, 3.63) is 29.4 Å². The van der Waals surface area contributed by atoms with Crippen LogP contribution in [0, 0.1) is 0 Å². The van der Waals surface area contributed by atoms with Crippen LogP contribution in [-0.2, 0) is 9.47 Å². The Labute approximate surface area is 191 Å². The van der Waals surface area contributed by atoms with Gasteiger partial charge in [0, 0.05) is 25.8 Å². The van der Waals surface area contributed by atoms with Crippen LogP contribution < -0.4 is 20.7 Å². The van der Waals surface area contributed by atoms with E-state index >= 15 is 0 Å². The molecule has 9 nitrogen and oxygen atoms in total. The maximum absolute atomic E-state index is 13.8. The third-order valence-electron chi connectivity index (χ3n) is 5.50. The fourth-order valence-corrected chi connectivity index (χ4v) is 3.87. The van der Waals surface area contributed by atoms with Crippen molar-refractivity contribution in [1.82, 2.24) is 14.9 Å². The summed E-state index contributed by atoms with van der Waals surface area (Å²) in [5.41, 5.74) is 8.57. The Morgan fingerprint density at radius 2 is 2.00 bits per heavy atom. The third-order valence-corrected chi connectivity index (χ3v) is 5.76. The molecule has 0 spiro atoms. The van der Waals surface area contributed by atoms with Crippen molar-refractivity contribution >= 4 is 34.6 Å². The highest BCUT2D eigenvalue weighted by Gasteiger charge is 2.49. The van der Waals surface area contributed by atoms with Crippen molar-refractivity contribution in [2.45, 2.75) is 24.5 Å². The van der Waals surface area contributed by atoms with Crippen molar-refractivity contribution < 1.29 is 18.6 Å². The molecule has 3 N–H and O–H groups in total. The highest BCUT2D eigenvalue weighted by Crippen LogP contribution is 2.33. The molecule has 2 aliphatic rings. The molecule has 1 aromatic heterocycles. The molecule has 2 aromatic rings. The van der Waals surface area contributed by atoms with Crippen LogP contribution >= 0.6 is 11.6 Å². The summed E-state index contributed by atoms with van der Waals surface area (Å²) in [7, 11) is 6.07. The fraction of sp³-hybridized carbons (Fsp3) is 0.524. The van der Waals surface area contributed by atoms with Crippen LogP contribution in [0.25, 0.3) is 0 Å². The number of fused-ring (bicyclic) bond motifs is 1. The Morgan fingerprint density at radius 3 is 2.75 bits per heavy atom. The third kappa shape index (κ3) is 4.98. The minimum Gasteiger partial charge on any atom is -0.468 e. The van der Waals surface area contributed by atoms with Crippen LogP contribution in [0.1, 0.15) is 0 Å². The van der Waals surface area contributed by atoms with E-state index in [9.17, 15) is 4.39 Å². The molecule has 174 valence electrons. The van der Waals surface area contributed by atoms with Gasteiger partial charge in [-0.2, -0.15) is 4.98 Å². The summed E-state index contributed by atoms with van der Waals surface area (Å²) in [5.74, 6) is 0.473. The number of nitrogens with zero attached hydrogens (tertiary/aromatic N) is 4. The van der Waals surface area contributed by atoms with Crippen LogP contribution in [0.2, 0.25) is 5.02 Å². The molecule has 2 aliphatic heterocycles. The van der Waals surface area contributed by atoms with E-state index in [1.165, 1.54) is 6.20 Å². The van der Waals surface area contributed by atoms with Gasteiger partial charge >= 0.3 is 0 Å².